The number of ether oxygens (including phenoxy) is 1. The average molecular weight is 442 g/mol. The summed E-state index contributed by atoms with van der Waals surface area (Å²) in [5, 5.41) is 2.64. The molecule has 0 aliphatic rings. The number of H-pyrrole nitrogens is 1. The molecule has 0 atom stereocenters. The first-order valence-electron chi connectivity index (χ1n) is 8.77. The van der Waals surface area contributed by atoms with Crippen LogP contribution >= 0.6 is 0 Å². The van der Waals surface area contributed by atoms with Crippen molar-refractivity contribution in [2.24, 2.45) is 0 Å². The van der Waals surface area contributed by atoms with E-state index in [9.17, 15) is 17.1 Å². The molecule has 0 saturated heterocycles. The van der Waals surface area contributed by atoms with Crippen molar-refractivity contribution in [3.05, 3.63) is 54.4 Å². The Morgan fingerprint density at radius 1 is 1.19 bits per heavy atom. The quantitative estimate of drug-likeness (QED) is 0.399. The van der Waals surface area contributed by atoms with Crippen LogP contribution in [0.25, 0.3) is 22.6 Å². The SMILES string of the molecule is COc1ccc(S(=O)(=O)F)cc1C(=O)Nc1cccc(-c2nc3ncnc(N)c3[nH]2)c1. The minimum absolute atomic E-state index is 0.0902. The Kier molecular flexibility index (Phi) is 4.99. The standard InChI is InChI=1S/C19H15FN6O4S/c1-30-14-6-5-12(31(20,28)29)8-13(14)19(27)24-11-4-2-3-10(7-11)17-25-15-16(21)22-9-23-18(15)26-17/h2-9H,1H3,(H,24,27)(H3,21,22,23,25,26). The van der Waals surface area contributed by atoms with E-state index in [2.05, 4.69) is 25.3 Å². The fourth-order valence-corrected chi connectivity index (χ4v) is 3.43. The molecule has 0 aliphatic heterocycles. The highest BCUT2D eigenvalue weighted by molar-refractivity contribution is 7.86. The lowest BCUT2D eigenvalue weighted by atomic mass is 10.1. The number of fused-ring (bicyclic) bond motifs is 1. The summed E-state index contributed by atoms with van der Waals surface area (Å²) in [4.78, 5) is 27.4. The minimum Gasteiger partial charge on any atom is -0.496 e. The molecule has 0 unspecified atom stereocenters. The van der Waals surface area contributed by atoms with Crippen LogP contribution in [0, 0.1) is 0 Å². The zero-order valence-corrected chi connectivity index (χ0v) is 16.8. The minimum atomic E-state index is -4.98. The Morgan fingerprint density at radius 2 is 2.00 bits per heavy atom. The summed E-state index contributed by atoms with van der Waals surface area (Å²) in [7, 11) is -3.67. The summed E-state index contributed by atoms with van der Waals surface area (Å²) < 4.78 is 40.8. The molecule has 0 aliphatic carbocycles. The van der Waals surface area contributed by atoms with E-state index in [1.165, 1.54) is 19.5 Å². The predicted octanol–water partition coefficient (Wildman–Crippen LogP) is 2.52. The van der Waals surface area contributed by atoms with Gasteiger partial charge in [0.15, 0.2) is 11.5 Å². The van der Waals surface area contributed by atoms with Gasteiger partial charge < -0.3 is 20.8 Å². The number of aromatic amines is 1. The summed E-state index contributed by atoms with van der Waals surface area (Å²) in [5.41, 5.74) is 7.57. The molecule has 1 amide bonds. The zero-order chi connectivity index (χ0) is 22.2. The van der Waals surface area contributed by atoms with Crippen LogP contribution in [0.2, 0.25) is 0 Å². The number of carbonyl (C=O) groups excluding carboxylic acids is 1. The monoisotopic (exact) mass is 442 g/mol. The first-order valence-corrected chi connectivity index (χ1v) is 10.2. The molecule has 2 aromatic heterocycles. The number of hydrogen-bond acceptors (Lipinski definition) is 8. The molecular formula is C19H15FN6O4S. The van der Waals surface area contributed by atoms with E-state index in [0.29, 0.717) is 28.2 Å². The molecule has 0 spiro atoms. The maximum absolute atomic E-state index is 13.4. The maximum Gasteiger partial charge on any atom is 0.332 e. The van der Waals surface area contributed by atoms with E-state index in [1.807, 2.05) is 0 Å². The fraction of sp³-hybridized carbons (Fsp3) is 0.0526. The number of hydrogen-bond donors (Lipinski definition) is 3. The van der Waals surface area contributed by atoms with Crippen LogP contribution in [0.15, 0.2) is 53.7 Å². The number of methoxy groups -OCH3 is 1. The lowest BCUT2D eigenvalue weighted by Gasteiger charge is -2.11. The molecular weight excluding hydrogens is 427 g/mol. The van der Waals surface area contributed by atoms with Crippen molar-refractivity contribution in [1.82, 2.24) is 19.9 Å². The van der Waals surface area contributed by atoms with Crippen LogP contribution < -0.4 is 15.8 Å². The van der Waals surface area contributed by atoms with Gasteiger partial charge in [0.25, 0.3) is 5.91 Å². The number of imidazole rings is 1. The number of amides is 1. The second-order valence-electron chi connectivity index (χ2n) is 6.38. The van der Waals surface area contributed by atoms with Gasteiger partial charge in [-0.05, 0) is 30.3 Å². The first kappa shape index (κ1) is 20.2. The molecule has 0 fully saturated rings. The molecule has 4 aromatic rings. The van der Waals surface area contributed by atoms with Crippen molar-refractivity contribution >= 4 is 38.8 Å². The largest absolute Gasteiger partial charge is 0.496 e. The third-order valence-corrected chi connectivity index (χ3v) is 5.23. The van der Waals surface area contributed by atoms with Crippen molar-refractivity contribution in [3.63, 3.8) is 0 Å². The summed E-state index contributed by atoms with van der Waals surface area (Å²) >= 11 is 0. The molecule has 4 rings (SSSR count). The molecule has 31 heavy (non-hydrogen) atoms. The number of benzene rings is 2. The zero-order valence-electron chi connectivity index (χ0n) is 16.0. The molecule has 4 N–H and O–H groups in total. The van der Waals surface area contributed by atoms with Crippen molar-refractivity contribution < 1.29 is 21.8 Å². The summed E-state index contributed by atoms with van der Waals surface area (Å²) in [6.45, 7) is 0. The second-order valence-corrected chi connectivity index (χ2v) is 7.72. The van der Waals surface area contributed by atoms with Crippen molar-refractivity contribution in [2.45, 2.75) is 4.90 Å². The number of halogens is 1. The third kappa shape index (κ3) is 4.00. The van der Waals surface area contributed by atoms with Crippen LogP contribution in [0.5, 0.6) is 5.75 Å². The van der Waals surface area contributed by atoms with Gasteiger partial charge in [0.1, 0.15) is 23.4 Å². The molecule has 10 nitrogen and oxygen atoms in total. The van der Waals surface area contributed by atoms with Crippen LogP contribution in [-0.2, 0) is 10.2 Å². The topological polar surface area (TPSA) is 153 Å². The van der Waals surface area contributed by atoms with Gasteiger partial charge in [-0.2, -0.15) is 8.42 Å². The second kappa shape index (κ2) is 7.65. The number of aromatic nitrogens is 4. The van der Waals surface area contributed by atoms with Gasteiger partial charge in [-0.1, -0.05) is 12.1 Å². The Labute approximate surface area is 175 Å². The highest BCUT2D eigenvalue weighted by Gasteiger charge is 2.19. The van der Waals surface area contributed by atoms with E-state index in [-0.39, 0.29) is 17.1 Å². The van der Waals surface area contributed by atoms with E-state index in [0.717, 1.165) is 12.1 Å². The number of rotatable bonds is 5. The number of nitrogens with one attached hydrogen (secondary N) is 2. The fourth-order valence-electron chi connectivity index (χ4n) is 2.94. The van der Waals surface area contributed by atoms with Gasteiger partial charge in [0.2, 0.25) is 0 Å². The lowest BCUT2D eigenvalue weighted by Crippen LogP contribution is -2.14. The van der Waals surface area contributed by atoms with Crippen molar-refractivity contribution in [2.75, 3.05) is 18.2 Å². The Bertz CT molecular complexity index is 1420. The Balaban J connectivity index is 1.66. The number of carbonyl (C=O) groups is 1. The van der Waals surface area contributed by atoms with E-state index < -0.39 is 21.0 Å². The highest BCUT2D eigenvalue weighted by Crippen LogP contribution is 2.27. The average Bonchev–Trinajstić information content (AvgIpc) is 3.18. The van der Waals surface area contributed by atoms with Gasteiger partial charge in [-0.15, -0.1) is 3.89 Å². The van der Waals surface area contributed by atoms with E-state index in [4.69, 9.17) is 10.5 Å². The normalized spacial score (nSPS) is 11.4. The van der Waals surface area contributed by atoms with Gasteiger partial charge in [-0.25, -0.2) is 15.0 Å². The Hall–Kier alpha value is -4.06. The van der Waals surface area contributed by atoms with Crippen LogP contribution in [0.3, 0.4) is 0 Å². The number of nitrogen functional groups attached to an aromatic ring is 1. The lowest BCUT2D eigenvalue weighted by molar-refractivity contribution is 0.102. The molecule has 158 valence electrons. The summed E-state index contributed by atoms with van der Waals surface area (Å²) in [6.07, 6.45) is 1.30. The van der Waals surface area contributed by atoms with Gasteiger partial charge >= 0.3 is 10.2 Å². The molecule has 0 saturated carbocycles. The van der Waals surface area contributed by atoms with Crippen LogP contribution in [0.4, 0.5) is 15.4 Å². The van der Waals surface area contributed by atoms with Gasteiger partial charge in [-0.3, -0.25) is 4.79 Å². The molecule has 0 radical (unpaired) electrons. The molecule has 12 heteroatoms. The Morgan fingerprint density at radius 3 is 2.71 bits per heavy atom. The van der Waals surface area contributed by atoms with Crippen LogP contribution in [-0.4, -0.2) is 41.4 Å². The van der Waals surface area contributed by atoms with Crippen LogP contribution in [0.1, 0.15) is 10.4 Å². The molecule has 0 bridgehead atoms. The summed E-state index contributed by atoms with van der Waals surface area (Å²) in [6, 6.07) is 9.84. The molecule has 2 aromatic carbocycles. The first-order chi connectivity index (χ1) is 14.8. The van der Waals surface area contributed by atoms with Gasteiger partial charge in [0.05, 0.1) is 17.6 Å². The van der Waals surface area contributed by atoms with E-state index >= 15 is 0 Å². The van der Waals surface area contributed by atoms with Crippen molar-refractivity contribution in [3.8, 4) is 17.1 Å². The van der Waals surface area contributed by atoms with Gasteiger partial charge in [0, 0.05) is 11.3 Å². The smallest absolute Gasteiger partial charge is 0.332 e. The number of nitrogens with two attached hydrogens (primary N) is 1. The third-order valence-electron chi connectivity index (χ3n) is 4.41. The maximum atomic E-state index is 13.4. The number of anilines is 2. The van der Waals surface area contributed by atoms with Crippen molar-refractivity contribution in [1.29, 1.82) is 0 Å². The summed E-state index contributed by atoms with van der Waals surface area (Å²) in [5.74, 6) is 0.121. The predicted molar refractivity (Wildman–Crippen MR) is 111 cm³/mol. The molecule has 2 heterocycles. The highest BCUT2D eigenvalue weighted by atomic mass is 32.3. The number of nitrogens with zero attached hydrogens (tertiary/aromatic N) is 3. The van der Waals surface area contributed by atoms with E-state index in [1.54, 1.807) is 24.3 Å².